The van der Waals surface area contributed by atoms with Crippen molar-refractivity contribution in [3.8, 4) is 5.75 Å². The number of hydrogen-bond acceptors (Lipinski definition) is 4. The molecule has 0 spiro atoms. The highest BCUT2D eigenvalue weighted by Gasteiger charge is 2.33. The quantitative estimate of drug-likeness (QED) is 0.783. The smallest absolute Gasteiger partial charge is 0.282 e. The molecule has 0 saturated carbocycles. The molecule has 0 bridgehead atoms. The molecular formula is C15H23FN2O4S. The van der Waals surface area contributed by atoms with Gasteiger partial charge in [-0.05, 0) is 26.0 Å². The number of ether oxygens (including phenoxy) is 2. The average molecular weight is 346 g/mol. The zero-order valence-corrected chi connectivity index (χ0v) is 14.4. The topological polar surface area (TPSA) is 59.1 Å². The molecule has 6 nitrogen and oxygen atoms in total. The van der Waals surface area contributed by atoms with E-state index in [0.717, 1.165) is 0 Å². The predicted molar refractivity (Wildman–Crippen MR) is 85.0 cm³/mol. The van der Waals surface area contributed by atoms with Gasteiger partial charge in [0.25, 0.3) is 10.2 Å². The maximum atomic E-state index is 13.4. The summed E-state index contributed by atoms with van der Waals surface area (Å²) < 4.78 is 52.0. The maximum absolute atomic E-state index is 13.4. The van der Waals surface area contributed by atoms with Crippen molar-refractivity contribution < 1.29 is 22.3 Å². The lowest BCUT2D eigenvalue weighted by atomic mass is 10.3. The van der Waals surface area contributed by atoms with Gasteiger partial charge in [0.05, 0.1) is 12.2 Å². The third kappa shape index (κ3) is 4.63. The number of likely N-dealkylation sites (N-methyl/N-ethyl adjacent to an activating group) is 1. The molecule has 8 heteroatoms. The molecule has 1 aromatic carbocycles. The second kappa shape index (κ2) is 7.57. The van der Waals surface area contributed by atoms with E-state index in [1.165, 1.54) is 27.8 Å². The molecule has 23 heavy (non-hydrogen) atoms. The normalized spacial score (nSPS) is 23.2. The molecule has 1 aliphatic rings. The zero-order chi connectivity index (χ0) is 17.0. The molecule has 1 aromatic rings. The number of rotatable bonds is 6. The molecule has 0 amide bonds. The SMILES string of the molecule is C[C@@H]1CN(S(=O)(=O)N(C)CCOc2ccccc2F)C[C@H](C)O1. The Morgan fingerprint density at radius 2 is 1.91 bits per heavy atom. The molecule has 1 heterocycles. The molecule has 0 aromatic heterocycles. The van der Waals surface area contributed by atoms with Crippen LogP contribution in [0.15, 0.2) is 24.3 Å². The van der Waals surface area contributed by atoms with Crippen LogP contribution in [0.25, 0.3) is 0 Å². The van der Waals surface area contributed by atoms with Gasteiger partial charge in [-0.2, -0.15) is 17.0 Å². The first-order valence-corrected chi connectivity index (χ1v) is 8.94. The molecule has 1 aliphatic heterocycles. The molecule has 2 atom stereocenters. The number of nitrogens with zero attached hydrogens (tertiary/aromatic N) is 2. The van der Waals surface area contributed by atoms with Gasteiger partial charge in [0.2, 0.25) is 0 Å². The fraction of sp³-hybridized carbons (Fsp3) is 0.600. The van der Waals surface area contributed by atoms with Gasteiger partial charge in [-0.3, -0.25) is 0 Å². The lowest BCUT2D eigenvalue weighted by molar-refractivity contribution is -0.0453. The van der Waals surface area contributed by atoms with Crippen molar-refractivity contribution in [3.63, 3.8) is 0 Å². The summed E-state index contributed by atoms with van der Waals surface area (Å²) in [6.07, 6.45) is -0.284. The van der Waals surface area contributed by atoms with E-state index in [9.17, 15) is 12.8 Å². The molecule has 130 valence electrons. The van der Waals surface area contributed by atoms with Crippen LogP contribution in [0.2, 0.25) is 0 Å². The minimum atomic E-state index is -3.58. The van der Waals surface area contributed by atoms with Crippen molar-refractivity contribution in [1.82, 2.24) is 8.61 Å². The molecule has 0 N–H and O–H groups in total. The monoisotopic (exact) mass is 346 g/mol. The Hall–Kier alpha value is -1.22. The van der Waals surface area contributed by atoms with Crippen molar-refractivity contribution in [2.45, 2.75) is 26.1 Å². The van der Waals surface area contributed by atoms with Crippen LogP contribution < -0.4 is 4.74 Å². The summed E-state index contributed by atoms with van der Waals surface area (Å²) in [6, 6.07) is 6.04. The zero-order valence-electron chi connectivity index (χ0n) is 13.6. The summed E-state index contributed by atoms with van der Waals surface area (Å²) in [5, 5.41) is 0. The molecular weight excluding hydrogens is 323 g/mol. The van der Waals surface area contributed by atoms with Crippen LogP contribution in [-0.4, -0.2) is 62.5 Å². The highest BCUT2D eigenvalue weighted by Crippen LogP contribution is 2.18. The number of para-hydroxylation sites is 1. The fourth-order valence-electron chi connectivity index (χ4n) is 2.48. The van der Waals surface area contributed by atoms with E-state index < -0.39 is 16.0 Å². The lowest BCUT2D eigenvalue weighted by Crippen LogP contribution is -2.52. The Morgan fingerprint density at radius 3 is 2.52 bits per heavy atom. The number of morpholine rings is 1. The van der Waals surface area contributed by atoms with Crippen LogP contribution >= 0.6 is 0 Å². The first-order chi connectivity index (χ1) is 10.8. The van der Waals surface area contributed by atoms with E-state index in [4.69, 9.17) is 9.47 Å². The van der Waals surface area contributed by atoms with E-state index in [1.54, 1.807) is 12.1 Å². The highest BCUT2D eigenvalue weighted by atomic mass is 32.2. The van der Waals surface area contributed by atoms with Crippen molar-refractivity contribution >= 4 is 10.2 Å². The van der Waals surface area contributed by atoms with E-state index in [-0.39, 0.29) is 31.1 Å². The van der Waals surface area contributed by atoms with Gasteiger partial charge < -0.3 is 9.47 Å². The summed E-state index contributed by atoms with van der Waals surface area (Å²) in [5.41, 5.74) is 0. The second-order valence-corrected chi connectivity index (χ2v) is 7.72. The van der Waals surface area contributed by atoms with E-state index in [1.807, 2.05) is 13.8 Å². The van der Waals surface area contributed by atoms with Crippen molar-refractivity contribution in [3.05, 3.63) is 30.1 Å². The lowest BCUT2D eigenvalue weighted by Gasteiger charge is -2.36. The first-order valence-electron chi connectivity index (χ1n) is 7.55. The van der Waals surface area contributed by atoms with E-state index in [2.05, 4.69) is 0 Å². The van der Waals surface area contributed by atoms with Crippen LogP contribution in [0.5, 0.6) is 5.75 Å². The first kappa shape index (κ1) is 18.1. The summed E-state index contributed by atoms with van der Waals surface area (Å²) >= 11 is 0. The standard InChI is InChI=1S/C15H23FN2O4S/c1-12-10-18(11-13(2)22-12)23(19,20)17(3)8-9-21-15-7-5-4-6-14(15)16/h4-7,12-13H,8-11H2,1-3H3/t12-,13+. The minimum Gasteiger partial charge on any atom is -0.489 e. The fourth-order valence-corrected chi connectivity index (χ4v) is 3.97. The minimum absolute atomic E-state index is 0.0755. The van der Waals surface area contributed by atoms with E-state index >= 15 is 0 Å². The van der Waals surface area contributed by atoms with Gasteiger partial charge in [0.1, 0.15) is 6.61 Å². The maximum Gasteiger partial charge on any atom is 0.282 e. The van der Waals surface area contributed by atoms with Gasteiger partial charge in [0, 0.05) is 26.7 Å². The third-order valence-electron chi connectivity index (χ3n) is 3.61. The summed E-state index contributed by atoms with van der Waals surface area (Å²) in [7, 11) is -2.09. The Labute approximate surface area is 137 Å². The summed E-state index contributed by atoms with van der Waals surface area (Å²) in [6.45, 7) is 4.55. The van der Waals surface area contributed by atoms with Gasteiger partial charge in [0.15, 0.2) is 11.6 Å². The van der Waals surface area contributed by atoms with Gasteiger partial charge in [-0.25, -0.2) is 4.39 Å². The van der Waals surface area contributed by atoms with E-state index in [0.29, 0.717) is 13.1 Å². The van der Waals surface area contributed by atoms with Crippen molar-refractivity contribution in [1.29, 1.82) is 0 Å². The van der Waals surface area contributed by atoms with Crippen LogP contribution in [0.3, 0.4) is 0 Å². The largest absolute Gasteiger partial charge is 0.489 e. The number of hydrogen-bond donors (Lipinski definition) is 0. The Balaban J connectivity index is 1.91. The summed E-state index contributed by atoms with van der Waals surface area (Å²) in [5.74, 6) is -0.347. The van der Waals surface area contributed by atoms with Crippen molar-refractivity contribution in [2.24, 2.45) is 0 Å². The number of benzene rings is 1. The van der Waals surface area contributed by atoms with Gasteiger partial charge >= 0.3 is 0 Å². The predicted octanol–water partition coefficient (Wildman–Crippen LogP) is 1.49. The Morgan fingerprint density at radius 1 is 1.30 bits per heavy atom. The van der Waals surface area contributed by atoms with Gasteiger partial charge in [-0.15, -0.1) is 0 Å². The Bertz CT molecular complexity index is 616. The number of halogens is 1. The molecule has 0 radical (unpaired) electrons. The molecule has 1 saturated heterocycles. The molecule has 0 unspecified atom stereocenters. The molecule has 1 fully saturated rings. The second-order valence-electron chi connectivity index (χ2n) is 5.68. The Kier molecular flexibility index (Phi) is 5.96. The molecule has 2 rings (SSSR count). The van der Waals surface area contributed by atoms with Crippen molar-refractivity contribution in [2.75, 3.05) is 33.3 Å². The van der Waals surface area contributed by atoms with Crippen LogP contribution in [0, 0.1) is 5.82 Å². The van der Waals surface area contributed by atoms with Crippen LogP contribution in [-0.2, 0) is 14.9 Å². The highest BCUT2D eigenvalue weighted by molar-refractivity contribution is 7.86. The third-order valence-corrected chi connectivity index (χ3v) is 5.53. The average Bonchev–Trinajstić information content (AvgIpc) is 2.48. The molecule has 0 aliphatic carbocycles. The van der Waals surface area contributed by atoms with Gasteiger partial charge in [-0.1, -0.05) is 12.1 Å². The summed E-state index contributed by atoms with van der Waals surface area (Å²) in [4.78, 5) is 0. The van der Waals surface area contributed by atoms with Crippen LogP contribution in [0.4, 0.5) is 4.39 Å². The van der Waals surface area contributed by atoms with Crippen LogP contribution in [0.1, 0.15) is 13.8 Å².